The number of piperidine rings is 1. The molecule has 0 radical (unpaired) electrons. The number of pyridine rings is 2. The molecule has 1 amide bonds. The molecule has 1 atom stereocenters. The monoisotopic (exact) mass is 572 g/mol. The van der Waals surface area contributed by atoms with Crippen LogP contribution in [-0.2, 0) is 22.0 Å². The Hall–Kier alpha value is -3.82. The van der Waals surface area contributed by atoms with Crippen LogP contribution in [0.3, 0.4) is 0 Å². The van der Waals surface area contributed by atoms with Crippen molar-refractivity contribution in [3.8, 4) is 0 Å². The van der Waals surface area contributed by atoms with Crippen molar-refractivity contribution in [2.24, 2.45) is 0 Å². The first-order valence-electron chi connectivity index (χ1n) is 13.8. The Bertz CT molecular complexity index is 1700. The molecule has 214 valence electrons. The number of anilines is 1. The standard InChI is InChI=1S/C32H36N4O4S/c1-21-7-8-23(16-29(21)41(4,39)40)31(37)34-19-27-17-28-24(18-33-27)11-14-30(35-28)36-15-5-6-25(20-36)22-9-12-26(13-10-22)32(2,3)38/h7-14,16-18,25,38H,5-6,15,19-20H2,1-4H3,(H,34,37)/t25-/m1/s1. The molecule has 2 aromatic heterocycles. The molecule has 3 heterocycles. The van der Waals surface area contributed by atoms with Gasteiger partial charge in [0.15, 0.2) is 9.84 Å². The molecule has 1 fully saturated rings. The molecule has 41 heavy (non-hydrogen) atoms. The molecule has 1 saturated heterocycles. The zero-order chi connectivity index (χ0) is 29.4. The van der Waals surface area contributed by atoms with Gasteiger partial charge in [0.1, 0.15) is 5.82 Å². The van der Waals surface area contributed by atoms with Crippen molar-refractivity contribution in [2.45, 2.75) is 56.6 Å². The molecule has 0 aliphatic carbocycles. The molecule has 2 aromatic carbocycles. The van der Waals surface area contributed by atoms with E-state index in [4.69, 9.17) is 4.98 Å². The van der Waals surface area contributed by atoms with E-state index in [0.29, 0.717) is 17.2 Å². The average molecular weight is 573 g/mol. The van der Waals surface area contributed by atoms with Crippen molar-refractivity contribution in [1.29, 1.82) is 0 Å². The third kappa shape index (κ3) is 6.57. The van der Waals surface area contributed by atoms with Crippen molar-refractivity contribution < 1.29 is 18.3 Å². The van der Waals surface area contributed by atoms with E-state index in [-0.39, 0.29) is 22.9 Å². The second-order valence-corrected chi connectivity index (χ2v) is 13.4. The van der Waals surface area contributed by atoms with E-state index >= 15 is 0 Å². The fourth-order valence-corrected chi connectivity index (χ4v) is 6.35. The SMILES string of the molecule is Cc1ccc(C(=O)NCc2cc3nc(N4CCC[C@@H](c5ccc(C(C)(C)O)cc5)C4)ccc3cn2)cc1S(C)(=O)=O. The van der Waals surface area contributed by atoms with E-state index < -0.39 is 15.4 Å². The lowest BCUT2D eigenvalue weighted by Crippen LogP contribution is -2.35. The fourth-order valence-electron chi connectivity index (χ4n) is 5.35. The molecule has 5 rings (SSSR count). The van der Waals surface area contributed by atoms with Gasteiger partial charge in [0, 0.05) is 42.4 Å². The Morgan fingerprint density at radius 1 is 1.10 bits per heavy atom. The van der Waals surface area contributed by atoms with E-state index in [1.165, 1.54) is 11.6 Å². The smallest absolute Gasteiger partial charge is 0.251 e. The topological polar surface area (TPSA) is 112 Å². The maximum atomic E-state index is 12.8. The number of carbonyl (C=O) groups excluding carboxylic acids is 1. The summed E-state index contributed by atoms with van der Waals surface area (Å²) in [6.07, 6.45) is 5.05. The highest BCUT2D eigenvalue weighted by Crippen LogP contribution is 2.31. The summed E-state index contributed by atoms with van der Waals surface area (Å²) in [5.74, 6) is 0.920. The molecule has 4 aromatic rings. The molecule has 0 spiro atoms. The summed E-state index contributed by atoms with van der Waals surface area (Å²) in [5, 5.41) is 14.0. The Morgan fingerprint density at radius 2 is 1.85 bits per heavy atom. The predicted octanol–water partition coefficient (Wildman–Crippen LogP) is 4.88. The van der Waals surface area contributed by atoms with Crippen LogP contribution in [0, 0.1) is 6.92 Å². The van der Waals surface area contributed by atoms with Gasteiger partial charge in [-0.05, 0) is 80.6 Å². The third-order valence-corrected chi connectivity index (χ3v) is 8.97. The number of fused-ring (bicyclic) bond motifs is 1. The fraction of sp³-hybridized carbons (Fsp3) is 0.344. The van der Waals surface area contributed by atoms with Crippen LogP contribution in [0.5, 0.6) is 0 Å². The molecule has 0 bridgehead atoms. The summed E-state index contributed by atoms with van der Waals surface area (Å²) in [4.78, 5) is 24.7. The Labute approximate surface area is 241 Å². The molecule has 2 N–H and O–H groups in total. The Kier molecular flexibility index (Phi) is 7.85. The zero-order valence-electron chi connectivity index (χ0n) is 23.9. The van der Waals surface area contributed by atoms with Crippen LogP contribution in [0.1, 0.15) is 65.3 Å². The highest BCUT2D eigenvalue weighted by Gasteiger charge is 2.24. The van der Waals surface area contributed by atoms with Crippen LogP contribution in [0.2, 0.25) is 0 Å². The lowest BCUT2D eigenvalue weighted by atomic mass is 9.88. The van der Waals surface area contributed by atoms with Crippen molar-refractivity contribution in [2.75, 3.05) is 24.2 Å². The first kappa shape index (κ1) is 28.7. The molecule has 8 nitrogen and oxygen atoms in total. The first-order chi connectivity index (χ1) is 19.4. The van der Waals surface area contributed by atoms with Crippen molar-refractivity contribution in [3.63, 3.8) is 0 Å². The van der Waals surface area contributed by atoms with Crippen molar-refractivity contribution >= 4 is 32.5 Å². The van der Waals surface area contributed by atoms with E-state index in [0.717, 1.165) is 54.5 Å². The number of sulfone groups is 1. The van der Waals surface area contributed by atoms with Crippen LogP contribution in [0.25, 0.3) is 10.9 Å². The maximum Gasteiger partial charge on any atom is 0.251 e. The van der Waals surface area contributed by atoms with Gasteiger partial charge in [-0.3, -0.25) is 9.78 Å². The summed E-state index contributed by atoms with van der Waals surface area (Å²) in [6.45, 7) is 7.28. The first-order valence-corrected chi connectivity index (χ1v) is 15.7. The third-order valence-electron chi connectivity index (χ3n) is 7.73. The van der Waals surface area contributed by atoms with Gasteiger partial charge in [-0.25, -0.2) is 13.4 Å². The number of aryl methyl sites for hydroxylation is 1. The predicted molar refractivity (Wildman–Crippen MR) is 161 cm³/mol. The number of nitrogens with one attached hydrogen (secondary N) is 1. The van der Waals surface area contributed by atoms with Crippen LogP contribution in [-0.4, -0.2) is 48.7 Å². The van der Waals surface area contributed by atoms with Gasteiger partial charge in [0.25, 0.3) is 5.91 Å². The molecule has 0 saturated carbocycles. The normalized spacial score (nSPS) is 16.1. The lowest BCUT2D eigenvalue weighted by Gasteiger charge is -2.34. The van der Waals surface area contributed by atoms with Gasteiger partial charge >= 0.3 is 0 Å². The molecule has 1 aliphatic rings. The Balaban J connectivity index is 1.29. The number of rotatable bonds is 7. The van der Waals surface area contributed by atoms with Crippen LogP contribution in [0.15, 0.2) is 71.8 Å². The molecular formula is C32H36N4O4S. The number of benzene rings is 2. The largest absolute Gasteiger partial charge is 0.386 e. The zero-order valence-corrected chi connectivity index (χ0v) is 24.7. The van der Waals surface area contributed by atoms with Crippen LogP contribution < -0.4 is 10.2 Å². The summed E-state index contributed by atoms with van der Waals surface area (Å²) >= 11 is 0. The number of hydrogen-bond donors (Lipinski definition) is 2. The Morgan fingerprint density at radius 3 is 2.56 bits per heavy atom. The quantitative estimate of drug-likeness (QED) is 0.325. The minimum Gasteiger partial charge on any atom is -0.386 e. The van der Waals surface area contributed by atoms with Gasteiger partial charge in [-0.15, -0.1) is 0 Å². The second-order valence-electron chi connectivity index (χ2n) is 11.4. The number of nitrogens with zero attached hydrogens (tertiary/aromatic N) is 3. The number of aliphatic hydroxyl groups is 1. The van der Waals surface area contributed by atoms with Crippen molar-refractivity contribution in [3.05, 3.63) is 94.8 Å². The average Bonchev–Trinajstić information content (AvgIpc) is 2.95. The lowest BCUT2D eigenvalue weighted by molar-refractivity contribution is 0.0785. The molecular weight excluding hydrogens is 536 g/mol. The highest BCUT2D eigenvalue weighted by atomic mass is 32.2. The molecule has 9 heteroatoms. The molecule has 1 aliphatic heterocycles. The van der Waals surface area contributed by atoms with Gasteiger partial charge < -0.3 is 15.3 Å². The summed E-state index contributed by atoms with van der Waals surface area (Å²) in [6, 6.07) is 18.9. The van der Waals surface area contributed by atoms with E-state index in [1.54, 1.807) is 39.1 Å². The highest BCUT2D eigenvalue weighted by molar-refractivity contribution is 7.90. The molecule has 0 unspecified atom stereocenters. The summed E-state index contributed by atoms with van der Waals surface area (Å²) in [5.41, 5.74) is 3.66. The van der Waals surface area contributed by atoms with Crippen LogP contribution >= 0.6 is 0 Å². The minimum absolute atomic E-state index is 0.150. The second kappa shape index (κ2) is 11.2. The number of amides is 1. The van der Waals surface area contributed by atoms with E-state index in [9.17, 15) is 18.3 Å². The van der Waals surface area contributed by atoms with Gasteiger partial charge in [-0.1, -0.05) is 30.3 Å². The number of carbonyl (C=O) groups is 1. The number of hydrogen-bond acceptors (Lipinski definition) is 7. The summed E-state index contributed by atoms with van der Waals surface area (Å²) < 4.78 is 24.1. The van der Waals surface area contributed by atoms with Gasteiger partial charge in [0.05, 0.1) is 28.3 Å². The van der Waals surface area contributed by atoms with Gasteiger partial charge in [-0.2, -0.15) is 0 Å². The van der Waals surface area contributed by atoms with E-state index in [2.05, 4.69) is 27.3 Å². The van der Waals surface area contributed by atoms with Crippen molar-refractivity contribution in [1.82, 2.24) is 15.3 Å². The van der Waals surface area contributed by atoms with E-state index in [1.807, 2.05) is 30.3 Å². The maximum absolute atomic E-state index is 12.8. The van der Waals surface area contributed by atoms with Crippen LogP contribution in [0.4, 0.5) is 5.82 Å². The summed E-state index contributed by atoms with van der Waals surface area (Å²) in [7, 11) is -3.43. The van der Waals surface area contributed by atoms with Gasteiger partial charge in [0.2, 0.25) is 0 Å². The number of aromatic nitrogens is 2. The minimum atomic E-state index is -3.43.